The predicted molar refractivity (Wildman–Crippen MR) is 64.5 cm³/mol. The third kappa shape index (κ3) is 2.83. The van der Waals surface area contributed by atoms with Crippen molar-refractivity contribution in [3.8, 4) is 0 Å². The van der Waals surface area contributed by atoms with Crippen molar-refractivity contribution in [3.63, 3.8) is 0 Å². The second-order valence-electron chi connectivity index (χ2n) is 4.36. The molecule has 0 aromatic carbocycles. The number of amides is 1. The lowest BCUT2D eigenvalue weighted by atomic mass is 10.1. The smallest absolute Gasteiger partial charge is 0.239 e. The number of carbonyl (C=O) groups excluding carboxylic acids is 1. The number of nitrogens with two attached hydrogens (primary N) is 1. The van der Waals surface area contributed by atoms with Gasteiger partial charge in [0.25, 0.3) is 0 Å². The molecular weight excluding hydrogens is 218 g/mol. The van der Waals surface area contributed by atoms with Gasteiger partial charge in [0.15, 0.2) is 0 Å². The largest absolute Gasteiger partial charge is 0.348 e. The fourth-order valence-electron chi connectivity index (χ4n) is 2.01. The first kappa shape index (κ1) is 12.1. The van der Waals surface area contributed by atoms with E-state index < -0.39 is 6.04 Å². The van der Waals surface area contributed by atoms with Gasteiger partial charge in [0.2, 0.25) is 5.91 Å². The van der Waals surface area contributed by atoms with Gasteiger partial charge in [-0.2, -0.15) is 0 Å². The first-order valence-corrected chi connectivity index (χ1v) is 5.92. The Morgan fingerprint density at radius 1 is 1.59 bits per heavy atom. The number of carbonyl (C=O) groups is 1. The quantitative estimate of drug-likeness (QED) is 0.630. The van der Waals surface area contributed by atoms with Crippen LogP contribution in [0.5, 0.6) is 0 Å². The molecule has 1 unspecified atom stereocenters. The monoisotopic (exact) mass is 237 g/mol. The number of nitrogens with zero attached hydrogens (tertiary/aromatic N) is 2. The second kappa shape index (κ2) is 5.29. The Morgan fingerprint density at radius 2 is 2.29 bits per heavy atom. The molecule has 2 rings (SSSR count). The first-order chi connectivity index (χ1) is 8.18. The fraction of sp³-hybridized carbons (Fsp3) is 0.636. The van der Waals surface area contributed by atoms with E-state index in [4.69, 9.17) is 5.73 Å². The van der Waals surface area contributed by atoms with Crippen LogP contribution in [0.4, 0.5) is 0 Å². The van der Waals surface area contributed by atoms with E-state index in [0.29, 0.717) is 6.42 Å². The van der Waals surface area contributed by atoms with Crippen molar-refractivity contribution in [2.75, 3.05) is 26.2 Å². The number of aromatic nitrogens is 2. The number of aromatic amines is 1. The number of nitrogens with one attached hydrogen (secondary N) is 2. The summed E-state index contributed by atoms with van der Waals surface area (Å²) in [6, 6.07) is -0.491. The van der Waals surface area contributed by atoms with Gasteiger partial charge in [-0.25, -0.2) is 4.98 Å². The molecule has 6 nitrogen and oxygen atoms in total. The minimum Gasteiger partial charge on any atom is -0.348 e. The first-order valence-electron chi connectivity index (χ1n) is 5.92. The molecule has 0 saturated carbocycles. The molecule has 1 aliphatic heterocycles. The van der Waals surface area contributed by atoms with Crippen LogP contribution >= 0.6 is 0 Å². The highest BCUT2D eigenvalue weighted by atomic mass is 16.2. The molecule has 1 saturated heterocycles. The van der Waals surface area contributed by atoms with E-state index in [0.717, 1.165) is 37.6 Å². The minimum atomic E-state index is -0.491. The van der Waals surface area contributed by atoms with Crippen LogP contribution in [0.15, 0.2) is 6.33 Å². The van der Waals surface area contributed by atoms with Crippen molar-refractivity contribution < 1.29 is 4.79 Å². The molecule has 0 spiro atoms. The maximum absolute atomic E-state index is 12.1. The normalized spacial score (nSPS) is 18.1. The van der Waals surface area contributed by atoms with Crippen LogP contribution < -0.4 is 11.1 Å². The molecule has 4 N–H and O–H groups in total. The maximum Gasteiger partial charge on any atom is 0.239 e. The molecule has 0 radical (unpaired) electrons. The number of piperazine rings is 1. The Labute approximate surface area is 101 Å². The van der Waals surface area contributed by atoms with E-state index >= 15 is 0 Å². The third-order valence-corrected chi connectivity index (χ3v) is 3.09. The van der Waals surface area contributed by atoms with Gasteiger partial charge in [-0.3, -0.25) is 4.79 Å². The van der Waals surface area contributed by atoms with Gasteiger partial charge >= 0.3 is 0 Å². The molecule has 1 amide bonds. The number of hydrogen-bond donors (Lipinski definition) is 3. The van der Waals surface area contributed by atoms with Crippen LogP contribution in [0, 0.1) is 6.92 Å². The summed E-state index contributed by atoms with van der Waals surface area (Å²) in [4.78, 5) is 21.0. The molecule has 2 heterocycles. The Kier molecular flexibility index (Phi) is 3.75. The Balaban J connectivity index is 1.93. The van der Waals surface area contributed by atoms with E-state index in [9.17, 15) is 4.79 Å². The van der Waals surface area contributed by atoms with E-state index in [1.165, 1.54) is 0 Å². The van der Waals surface area contributed by atoms with E-state index in [1.54, 1.807) is 6.33 Å². The fourth-order valence-corrected chi connectivity index (χ4v) is 2.01. The molecule has 0 bridgehead atoms. The zero-order valence-corrected chi connectivity index (χ0v) is 10.1. The summed E-state index contributed by atoms with van der Waals surface area (Å²) in [5.41, 5.74) is 7.80. The summed E-state index contributed by atoms with van der Waals surface area (Å²) in [7, 11) is 0. The topological polar surface area (TPSA) is 87.0 Å². The lowest BCUT2D eigenvalue weighted by Crippen LogP contribution is -2.52. The molecule has 0 aliphatic carbocycles. The summed E-state index contributed by atoms with van der Waals surface area (Å²) >= 11 is 0. The average molecular weight is 237 g/mol. The Morgan fingerprint density at radius 3 is 2.88 bits per heavy atom. The van der Waals surface area contributed by atoms with Gasteiger partial charge in [0.1, 0.15) is 0 Å². The predicted octanol–water partition coefficient (Wildman–Crippen LogP) is -0.980. The van der Waals surface area contributed by atoms with Crippen LogP contribution in [0.2, 0.25) is 0 Å². The van der Waals surface area contributed by atoms with Gasteiger partial charge in [0.05, 0.1) is 18.1 Å². The van der Waals surface area contributed by atoms with Crippen LogP contribution in [0.3, 0.4) is 0 Å². The van der Waals surface area contributed by atoms with Gasteiger partial charge in [-0.05, 0) is 6.92 Å². The summed E-state index contributed by atoms with van der Waals surface area (Å²) in [5.74, 6) is 0.0221. The molecule has 6 heteroatoms. The van der Waals surface area contributed by atoms with Crippen molar-refractivity contribution in [2.45, 2.75) is 19.4 Å². The van der Waals surface area contributed by atoms with Gasteiger partial charge in [-0.15, -0.1) is 0 Å². The van der Waals surface area contributed by atoms with Gasteiger partial charge < -0.3 is 20.9 Å². The Hall–Kier alpha value is -1.40. The molecule has 1 atom stereocenters. The zero-order valence-electron chi connectivity index (χ0n) is 10.1. The van der Waals surface area contributed by atoms with E-state index in [-0.39, 0.29) is 5.91 Å². The molecule has 1 aromatic rings. The number of aryl methyl sites for hydroxylation is 1. The van der Waals surface area contributed by atoms with Crippen LogP contribution in [0.25, 0.3) is 0 Å². The summed E-state index contributed by atoms with van der Waals surface area (Å²) in [5, 5.41) is 3.21. The number of rotatable bonds is 3. The van der Waals surface area contributed by atoms with Gasteiger partial charge in [-0.1, -0.05) is 0 Å². The summed E-state index contributed by atoms with van der Waals surface area (Å²) in [6.07, 6.45) is 2.13. The molecule has 1 aromatic heterocycles. The zero-order chi connectivity index (χ0) is 12.3. The maximum atomic E-state index is 12.1. The highest BCUT2D eigenvalue weighted by Gasteiger charge is 2.23. The lowest BCUT2D eigenvalue weighted by Gasteiger charge is -2.29. The third-order valence-electron chi connectivity index (χ3n) is 3.09. The standard InChI is InChI=1S/C11H19N5O/c1-8-10(15-7-14-8)6-9(12)11(17)16-4-2-13-3-5-16/h7,9,13H,2-6,12H2,1H3,(H,14,15). The summed E-state index contributed by atoms with van der Waals surface area (Å²) in [6.45, 7) is 5.11. The van der Waals surface area contributed by atoms with E-state index in [1.807, 2.05) is 11.8 Å². The highest BCUT2D eigenvalue weighted by Crippen LogP contribution is 2.06. The van der Waals surface area contributed by atoms with E-state index in [2.05, 4.69) is 15.3 Å². The van der Waals surface area contributed by atoms with Crippen molar-refractivity contribution in [3.05, 3.63) is 17.7 Å². The van der Waals surface area contributed by atoms with Gasteiger partial charge in [0, 0.05) is 38.3 Å². The van der Waals surface area contributed by atoms with Crippen LogP contribution in [-0.4, -0.2) is 53.0 Å². The molecule has 1 aliphatic rings. The Bertz CT molecular complexity index is 383. The molecule has 1 fully saturated rings. The molecule has 94 valence electrons. The van der Waals surface area contributed by atoms with Crippen molar-refractivity contribution in [1.82, 2.24) is 20.2 Å². The van der Waals surface area contributed by atoms with Crippen molar-refractivity contribution >= 4 is 5.91 Å². The van der Waals surface area contributed by atoms with Crippen molar-refractivity contribution in [2.24, 2.45) is 5.73 Å². The average Bonchev–Trinajstić information content (AvgIpc) is 2.75. The van der Waals surface area contributed by atoms with Crippen molar-refractivity contribution in [1.29, 1.82) is 0 Å². The van der Waals surface area contributed by atoms with Crippen LogP contribution in [0.1, 0.15) is 11.4 Å². The number of imidazole rings is 1. The van der Waals surface area contributed by atoms with Crippen LogP contribution in [-0.2, 0) is 11.2 Å². The molecule has 17 heavy (non-hydrogen) atoms. The highest BCUT2D eigenvalue weighted by molar-refractivity contribution is 5.82. The lowest BCUT2D eigenvalue weighted by molar-refractivity contribution is -0.133. The molecular formula is C11H19N5O. The second-order valence-corrected chi connectivity index (χ2v) is 4.36. The minimum absolute atomic E-state index is 0.0221. The SMILES string of the molecule is Cc1[nH]cnc1CC(N)C(=O)N1CCNCC1. The number of H-pyrrole nitrogens is 1. The summed E-state index contributed by atoms with van der Waals surface area (Å²) < 4.78 is 0. The number of hydrogen-bond acceptors (Lipinski definition) is 4.